The zero-order chi connectivity index (χ0) is 13.8. The van der Waals surface area contributed by atoms with Gasteiger partial charge in [0.05, 0.1) is 14.9 Å². The first-order valence-corrected chi connectivity index (χ1v) is 7.91. The minimum atomic E-state index is -0.208. The standard InChI is InChI=1S/C14H21FIN3/c1-2-5-19-6-3-10(4-7-19)18-14-8-11(15)12(16)9-13(14)17/h8-10,18H,2-7,17H2,1H3. The Bertz CT molecular complexity index is 431. The van der Waals surface area contributed by atoms with Gasteiger partial charge >= 0.3 is 0 Å². The molecule has 0 amide bonds. The number of nitrogens with one attached hydrogen (secondary N) is 1. The lowest BCUT2D eigenvalue weighted by Crippen LogP contribution is -2.39. The second-order valence-electron chi connectivity index (χ2n) is 5.11. The van der Waals surface area contributed by atoms with Crippen LogP contribution in [0.15, 0.2) is 12.1 Å². The Hall–Kier alpha value is -0.560. The first-order chi connectivity index (χ1) is 9.10. The smallest absolute Gasteiger partial charge is 0.138 e. The van der Waals surface area contributed by atoms with E-state index in [0.29, 0.717) is 15.3 Å². The first kappa shape index (κ1) is 14.8. The molecule has 19 heavy (non-hydrogen) atoms. The van der Waals surface area contributed by atoms with Crippen LogP contribution in [0.1, 0.15) is 26.2 Å². The third kappa shape index (κ3) is 3.95. The monoisotopic (exact) mass is 377 g/mol. The molecule has 0 radical (unpaired) electrons. The molecule has 3 N–H and O–H groups in total. The summed E-state index contributed by atoms with van der Waals surface area (Å²) >= 11 is 1.96. The van der Waals surface area contributed by atoms with E-state index in [1.165, 1.54) is 19.0 Å². The van der Waals surface area contributed by atoms with E-state index in [-0.39, 0.29) is 5.82 Å². The molecule has 1 aliphatic heterocycles. The SMILES string of the molecule is CCCN1CCC(Nc2cc(F)c(I)cc2N)CC1. The van der Waals surface area contributed by atoms with Crippen molar-refractivity contribution in [3.05, 3.63) is 21.5 Å². The van der Waals surface area contributed by atoms with E-state index in [2.05, 4.69) is 17.1 Å². The Balaban J connectivity index is 1.94. The van der Waals surface area contributed by atoms with Gasteiger partial charge in [-0.1, -0.05) is 6.92 Å². The van der Waals surface area contributed by atoms with E-state index in [4.69, 9.17) is 5.73 Å². The summed E-state index contributed by atoms with van der Waals surface area (Å²) < 4.78 is 14.1. The first-order valence-electron chi connectivity index (χ1n) is 6.83. The van der Waals surface area contributed by atoms with Crippen molar-refractivity contribution < 1.29 is 4.39 Å². The molecule has 1 saturated heterocycles. The zero-order valence-electron chi connectivity index (χ0n) is 11.3. The van der Waals surface area contributed by atoms with Gasteiger partial charge in [-0.05, 0) is 54.5 Å². The Morgan fingerprint density at radius 3 is 2.74 bits per heavy atom. The second-order valence-corrected chi connectivity index (χ2v) is 6.28. The largest absolute Gasteiger partial charge is 0.397 e. The maximum atomic E-state index is 13.6. The summed E-state index contributed by atoms with van der Waals surface area (Å²) in [4.78, 5) is 2.48. The topological polar surface area (TPSA) is 41.3 Å². The highest BCUT2D eigenvalue weighted by Crippen LogP contribution is 2.26. The lowest BCUT2D eigenvalue weighted by atomic mass is 10.0. The van der Waals surface area contributed by atoms with Crippen molar-refractivity contribution in [3.8, 4) is 0 Å². The molecule has 2 rings (SSSR count). The van der Waals surface area contributed by atoms with Gasteiger partial charge in [0.2, 0.25) is 0 Å². The predicted molar refractivity (Wildman–Crippen MR) is 86.9 cm³/mol. The summed E-state index contributed by atoms with van der Waals surface area (Å²) in [5, 5.41) is 3.38. The van der Waals surface area contributed by atoms with Gasteiger partial charge in [-0.25, -0.2) is 4.39 Å². The number of hydrogen-bond acceptors (Lipinski definition) is 3. The van der Waals surface area contributed by atoms with Crippen LogP contribution in [0.5, 0.6) is 0 Å². The van der Waals surface area contributed by atoms with Crippen molar-refractivity contribution in [2.45, 2.75) is 32.2 Å². The van der Waals surface area contributed by atoms with E-state index in [1.807, 2.05) is 22.6 Å². The fourth-order valence-corrected chi connectivity index (χ4v) is 3.02. The van der Waals surface area contributed by atoms with Gasteiger partial charge in [-0.2, -0.15) is 0 Å². The molecule has 0 saturated carbocycles. The van der Waals surface area contributed by atoms with Crippen LogP contribution in [0.4, 0.5) is 15.8 Å². The number of piperidine rings is 1. The molecule has 1 aromatic rings. The Labute approximate surface area is 127 Å². The molecule has 106 valence electrons. The summed E-state index contributed by atoms with van der Waals surface area (Å²) in [7, 11) is 0. The van der Waals surface area contributed by atoms with Crippen molar-refractivity contribution in [2.24, 2.45) is 0 Å². The van der Waals surface area contributed by atoms with Crippen molar-refractivity contribution in [1.82, 2.24) is 4.90 Å². The lowest BCUT2D eigenvalue weighted by Gasteiger charge is -2.32. The Morgan fingerprint density at radius 2 is 2.11 bits per heavy atom. The fourth-order valence-electron chi connectivity index (χ4n) is 2.52. The molecule has 1 aromatic carbocycles. The number of rotatable bonds is 4. The Morgan fingerprint density at radius 1 is 1.42 bits per heavy atom. The molecule has 0 aromatic heterocycles. The van der Waals surface area contributed by atoms with E-state index in [0.717, 1.165) is 31.6 Å². The highest BCUT2D eigenvalue weighted by Gasteiger charge is 2.19. The predicted octanol–water partition coefficient (Wildman–Crippen LogP) is 3.30. The molecule has 1 fully saturated rings. The van der Waals surface area contributed by atoms with Crippen LogP contribution >= 0.6 is 22.6 Å². The quantitative estimate of drug-likeness (QED) is 0.625. The van der Waals surface area contributed by atoms with Gasteiger partial charge < -0.3 is 16.0 Å². The maximum absolute atomic E-state index is 13.6. The van der Waals surface area contributed by atoms with Gasteiger partial charge in [0, 0.05) is 25.2 Å². The normalized spacial score (nSPS) is 17.6. The molecule has 0 atom stereocenters. The number of halogens is 2. The van der Waals surface area contributed by atoms with E-state index >= 15 is 0 Å². The van der Waals surface area contributed by atoms with Crippen molar-refractivity contribution >= 4 is 34.0 Å². The summed E-state index contributed by atoms with van der Waals surface area (Å²) in [6.45, 7) is 5.60. The third-order valence-electron chi connectivity index (χ3n) is 3.58. The highest BCUT2D eigenvalue weighted by molar-refractivity contribution is 14.1. The molecule has 0 spiro atoms. The second kappa shape index (κ2) is 6.74. The summed E-state index contributed by atoms with van der Waals surface area (Å²) in [6.07, 6.45) is 3.38. The zero-order valence-corrected chi connectivity index (χ0v) is 13.4. The average Bonchev–Trinajstić information content (AvgIpc) is 2.38. The molecular formula is C14H21FIN3. The molecule has 1 heterocycles. The molecule has 0 bridgehead atoms. The van der Waals surface area contributed by atoms with Gasteiger partial charge in [0.15, 0.2) is 0 Å². The van der Waals surface area contributed by atoms with Crippen LogP contribution in [0.25, 0.3) is 0 Å². The molecule has 3 nitrogen and oxygen atoms in total. The minimum absolute atomic E-state index is 0.208. The van der Waals surface area contributed by atoms with Gasteiger partial charge in [-0.3, -0.25) is 0 Å². The average molecular weight is 377 g/mol. The van der Waals surface area contributed by atoms with E-state index in [1.54, 1.807) is 6.07 Å². The molecular weight excluding hydrogens is 356 g/mol. The number of benzene rings is 1. The number of hydrogen-bond donors (Lipinski definition) is 2. The number of nitrogen functional groups attached to an aromatic ring is 1. The van der Waals surface area contributed by atoms with Crippen molar-refractivity contribution in [3.63, 3.8) is 0 Å². The lowest BCUT2D eigenvalue weighted by molar-refractivity contribution is 0.219. The fraction of sp³-hybridized carbons (Fsp3) is 0.571. The van der Waals surface area contributed by atoms with Crippen LogP contribution < -0.4 is 11.1 Å². The van der Waals surface area contributed by atoms with Crippen LogP contribution in [-0.2, 0) is 0 Å². The molecule has 0 unspecified atom stereocenters. The van der Waals surface area contributed by atoms with Crippen LogP contribution in [-0.4, -0.2) is 30.6 Å². The number of nitrogens with two attached hydrogens (primary N) is 1. The van der Waals surface area contributed by atoms with Crippen LogP contribution in [0.2, 0.25) is 0 Å². The third-order valence-corrected chi connectivity index (χ3v) is 4.41. The van der Waals surface area contributed by atoms with Crippen LogP contribution in [0.3, 0.4) is 0 Å². The molecule has 1 aliphatic rings. The highest BCUT2D eigenvalue weighted by atomic mass is 127. The van der Waals surface area contributed by atoms with Crippen molar-refractivity contribution in [1.29, 1.82) is 0 Å². The number of anilines is 2. The number of likely N-dealkylation sites (tertiary alicyclic amines) is 1. The Kier molecular flexibility index (Phi) is 5.27. The summed E-state index contributed by atoms with van der Waals surface area (Å²) in [5.41, 5.74) is 7.29. The van der Waals surface area contributed by atoms with Crippen molar-refractivity contribution in [2.75, 3.05) is 30.7 Å². The van der Waals surface area contributed by atoms with E-state index in [9.17, 15) is 4.39 Å². The van der Waals surface area contributed by atoms with Gasteiger partial charge in [0.25, 0.3) is 0 Å². The van der Waals surface area contributed by atoms with Crippen LogP contribution in [0, 0.1) is 9.39 Å². The molecule has 5 heteroatoms. The van der Waals surface area contributed by atoms with Gasteiger partial charge in [-0.15, -0.1) is 0 Å². The minimum Gasteiger partial charge on any atom is -0.397 e. The van der Waals surface area contributed by atoms with E-state index < -0.39 is 0 Å². The molecule has 0 aliphatic carbocycles. The maximum Gasteiger partial charge on any atom is 0.138 e. The number of nitrogens with zero attached hydrogens (tertiary/aromatic N) is 1. The summed E-state index contributed by atoms with van der Waals surface area (Å²) in [6, 6.07) is 3.59. The van der Waals surface area contributed by atoms with Gasteiger partial charge in [0.1, 0.15) is 5.82 Å². The summed E-state index contributed by atoms with van der Waals surface area (Å²) in [5.74, 6) is -0.208.